The molecule has 166 valence electrons. The third-order valence-corrected chi connectivity index (χ3v) is 6.91. The van der Waals surface area contributed by atoms with Gasteiger partial charge in [-0.25, -0.2) is 18.6 Å². The van der Waals surface area contributed by atoms with Crippen molar-refractivity contribution < 1.29 is 23.6 Å². The van der Waals surface area contributed by atoms with Gasteiger partial charge in [-0.15, -0.1) is 0 Å². The highest BCUT2D eigenvalue weighted by Gasteiger charge is 2.52. The first kappa shape index (κ1) is 24.2. The summed E-state index contributed by atoms with van der Waals surface area (Å²) >= 11 is 0. The first-order valence-corrected chi connectivity index (χ1v) is 11.3. The topological polar surface area (TPSA) is 95.9 Å². The third kappa shape index (κ3) is 5.17. The van der Waals surface area contributed by atoms with Gasteiger partial charge in [-0.1, -0.05) is 43.2 Å². The van der Waals surface area contributed by atoms with Crippen LogP contribution in [-0.4, -0.2) is 51.0 Å². The first-order valence-electron chi connectivity index (χ1n) is 10.2. The lowest BCUT2D eigenvalue weighted by atomic mass is 9.81. The fourth-order valence-corrected chi connectivity index (χ4v) is 5.26. The van der Waals surface area contributed by atoms with Crippen LogP contribution in [0.15, 0.2) is 41.3 Å². The number of amides is 2. The number of nitrogens with zero attached hydrogens (tertiary/aromatic N) is 1. The predicted octanol–water partition coefficient (Wildman–Crippen LogP) is 3.65. The number of hydrogen-bond acceptors (Lipinski definition) is 4. The molecule has 2 unspecified atom stereocenters. The van der Waals surface area contributed by atoms with E-state index in [1.807, 2.05) is 52.0 Å². The summed E-state index contributed by atoms with van der Waals surface area (Å²) in [4.78, 5) is 26.0. The number of ether oxygens (including phenoxy) is 1. The van der Waals surface area contributed by atoms with Gasteiger partial charge in [-0.2, -0.15) is 0 Å². The maximum Gasteiger partial charge on any atom is 0.414 e. The van der Waals surface area contributed by atoms with E-state index in [4.69, 9.17) is 4.74 Å². The van der Waals surface area contributed by atoms with Gasteiger partial charge in [-0.3, -0.25) is 4.79 Å². The van der Waals surface area contributed by atoms with Crippen molar-refractivity contribution in [3.8, 4) is 0 Å². The monoisotopic (exact) mass is 436 g/mol. The van der Waals surface area contributed by atoms with Crippen molar-refractivity contribution in [3.63, 3.8) is 0 Å². The molecule has 1 fully saturated rings. The fourth-order valence-electron chi connectivity index (χ4n) is 4.12. The Hall–Kier alpha value is -2.03. The Bertz CT molecular complexity index is 810. The number of carbonyl (C=O) groups excluding carboxylic acids is 1. The van der Waals surface area contributed by atoms with Crippen LogP contribution in [0, 0.1) is 12.8 Å². The van der Waals surface area contributed by atoms with Crippen LogP contribution in [-0.2, 0) is 20.5 Å². The summed E-state index contributed by atoms with van der Waals surface area (Å²) in [6, 6.07) is 5.88. The zero-order valence-electron chi connectivity index (χ0n) is 18.3. The van der Waals surface area contributed by atoms with Crippen molar-refractivity contribution in [1.82, 2.24) is 9.62 Å². The Morgan fingerprint density at radius 3 is 2.57 bits per heavy atom. The molecule has 0 bridgehead atoms. The normalized spacial score (nSPS) is 23.5. The van der Waals surface area contributed by atoms with Crippen molar-refractivity contribution in [1.29, 1.82) is 0 Å². The molecule has 8 heteroatoms. The van der Waals surface area contributed by atoms with Crippen LogP contribution in [0.3, 0.4) is 0 Å². The number of benzene rings is 1. The number of nitrogens with one attached hydrogen (secondary N) is 1. The summed E-state index contributed by atoms with van der Waals surface area (Å²) in [7, 11) is -0.0515. The third-order valence-electron chi connectivity index (χ3n) is 5.74. The lowest BCUT2D eigenvalue weighted by molar-refractivity contribution is -0.128. The van der Waals surface area contributed by atoms with Gasteiger partial charge in [0.1, 0.15) is 11.0 Å². The number of rotatable bonds is 9. The lowest BCUT2D eigenvalue weighted by Gasteiger charge is -2.43. The molecule has 1 aliphatic rings. The molecule has 1 aromatic rings. The van der Waals surface area contributed by atoms with E-state index >= 15 is 0 Å². The van der Waals surface area contributed by atoms with Crippen LogP contribution in [0.2, 0.25) is 0 Å². The second-order valence-electron chi connectivity index (χ2n) is 7.87. The highest BCUT2D eigenvalue weighted by atomic mass is 32.2. The van der Waals surface area contributed by atoms with Gasteiger partial charge in [0.25, 0.3) is 0 Å². The van der Waals surface area contributed by atoms with Crippen molar-refractivity contribution in [2.75, 3.05) is 7.11 Å². The molecule has 1 aliphatic heterocycles. The van der Waals surface area contributed by atoms with E-state index in [2.05, 4.69) is 4.72 Å². The van der Waals surface area contributed by atoms with Crippen molar-refractivity contribution >= 4 is 23.0 Å². The van der Waals surface area contributed by atoms with E-state index in [0.29, 0.717) is 11.3 Å². The average molecular weight is 437 g/mol. The minimum Gasteiger partial charge on any atom is -0.465 e. The van der Waals surface area contributed by atoms with E-state index < -0.39 is 40.7 Å². The smallest absolute Gasteiger partial charge is 0.414 e. The van der Waals surface area contributed by atoms with E-state index in [-0.39, 0.29) is 12.3 Å². The van der Waals surface area contributed by atoms with E-state index in [9.17, 15) is 18.9 Å². The standard InChI is InChI=1S/C22H32N2O5S/c1-6-8-16-14-18(25)24(21(26)27)19(16)20(22(4,29-5)13-7-2)23-30(28)17-11-9-15(3)10-12-17/h6,8-12,16,19-20,23H,7,13-14H2,1-5H3,(H,26,27)/t16-,19?,20-,22+,30?/m1/s1. The lowest BCUT2D eigenvalue weighted by Crippen LogP contribution is -2.62. The van der Waals surface area contributed by atoms with Crippen LogP contribution in [0.25, 0.3) is 0 Å². The summed E-state index contributed by atoms with van der Waals surface area (Å²) in [5.74, 6) is -0.795. The SMILES string of the molecule is CC=C[C@@H]1CC(=O)N(C(=O)O)C1[C@@H](NS(=O)c1ccc(C)cc1)[C@](C)(CCC)OC. The minimum atomic E-state index is -1.61. The van der Waals surface area contributed by atoms with Crippen LogP contribution in [0.4, 0.5) is 4.79 Å². The van der Waals surface area contributed by atoms with Gasteiger partial charge >= 0.3 is 6.09 Å². The average Bonchev–Trinajstić information content (AvgIpc) is 3.02. The van der Waals surface area contributed by atoms with E-state index in [1.165, 1.54) is 0 Å². The van der Waals surface area contributed by atoms with Crippen LogP contribution in [0.5, 0.6) is 0 Å². The fraction of sp³-hybridized carbons (Fsp3) is 0.545. The number of methoxy groups -OCH3 is 1. The van der Waals surface area contributed by atoms with Gasteiger partial charge in [0, 0.05) is 19.4 Å². The number of allylic oxidation sites excluding steroid dienone is 1. The van der Waals surface area contributed by atoms with E-state index in [1.54, 1.807) is 19.2 Å². The number of imide groups is 1. The van der Waals surface area contributed by atoms with Crippen molar-refractivity contribution in [3.05, 3.63) is 42.0 Å². The zero-order valence-corrected chi connectivity index (χ0v) is 19.1. The molecule has 7 nitrogen and oxygen atoms in total. The molecule has 0 saturated carbocycles. The summed E-state index contributed by atoms with van der Waals surface area (Å²) < 4.78 is 22.2. The van der Waals surface area contributed by atoms with Gasteiger partial charge < -0.3 is 9.84 Å². The number of hydrogen-bond donors (Lipinski definition) is 2. The molecule has 2 rings (SSSR count). The molecule has 2 amide bonds. The Balaban J connectivity index is 2.52. The number of carbonyl (C=O) groups is 2. The van der Waals surface area contributed by atoms with Crippen LogP contribution in [0.1, 0.15) is 45.6 Å². The molecule has 0 aliphatic carbocycles. The molecule has 2 N–H and O–H groups in total. The Kier molecular flexibility index (Phi) is 8.34. The zero-order chi connectivity index (χ0) is 22.5. The first-order chi connectivity index (χ1) is 14.2. The molecule has 30 heavy (non-hydrogen) atoms. The van der Waals surface area contributed by atoms with Gasteiger partial charge in [0.05, 0.1) is 22.6 Å². The summed E-state index contributed by atoms with van der Waals surface area (Å²) in [5, 5.41) is 9.78. The molecule has 0 spiro atoms. The van der Waals surface area contributed by atoms with Crippen molar-refractivity contribution in [2.45, 2.75) is 69.5 Å². The summed E-state index contributed by atoms with van der Waals surface area (Å²) in [5.41, 5.74) is 0.212. The quantitative estimate of drug-likeness (QED) is 0.576. The number of likely N-dealkylation sites (tertiary alicyclic amines) is 1. The highest BCUT2D eigenvalue weighted by molar-refractivity contribution is 7.83. The number of aryl methyl sites for hydroxylation is 1. The Morgan fingerprint density at radius 1 is 1.43 bits per heavy atom. The predicted molar refractivity (Wildman–Crippen MR) is 116 cm³/mol. The largest absolute Gasteiger partial charge is 0.465 e. The maximum absolute atomic E-state index is 13.2. The molecular weight excluding hydrogens is 404 g/mol. The molecule has 0 radical (unpaired) electrons. The van der Waals surface area contributed by atoms with Crippen molar-refractivity contribution in [2.24, 2.45) is 5.92 Å². The maximum atomic E-state index is 13.2. The van der Waals surface area contributed by atoms with Gasteiger partial charge in [0.15, 0.2) is 0 Å². The Labute approximate surface area is 181 Å². The molecular formula is C22H32N2O5S. The van der Waals surface area contributed by atoms with Gasteiger partial charge in [-0.05, 0) is 39.3 Å². The summed E-state index contributed by atoms with van der Waals surface area (Å²) in [6.45, 7) is 7.65. The van der Waals surface area contributed by atoms with Gasteiger partial charge in [0.2, 0.25) is 5.91 Å². The second kappa shape index (κ2) is 10.3. The molecule has 1 heterocycles. The number of carboxylic acid groups (broad SMARTS) is 1. The molecule has 1 aromatic carbocycles. The highest BCUT2D eigenvalue weighted by Crippen LogP contribution is 2.36. The van der Waals surface area contributed by atoms with E-state index in [0.717, 1.165) is 16.9 Å². The minimum absolute atomic E-state index is 0.0859. The molecule has 0 aromatic heterocycles. The molecule has 1 saturated heterocycles. The molecule has 5 atom stereocenters. The van der Waals surface area contributed by atoms with Crippen LogP contribution < -0.4 is 4.72 Å². The second-order valence-corrected chi connectivity index (χ2v) is 9.12. The summed E-state index contributed by atoms with van der Waals surface area (Å²) in [6.07, 6.45) is 3.82. The van der Waals surface area contributed by atoms with Crippen LogP contribution >= 0.6 is 0 Å². The Morgan fingerprint density at radius 2 is 2.07 bits per heavy atom.